The van der Waals surface area contributed by atoms with E-state index < -0.39 is 6.04 Å². The van der Waals surface area contributed by atoms with Gasteiger partial charge in [0, 0.05) is 32.6 Å². The Hall–Kier alpha value is -3.87. The van der Waals surface area contributed by atoms with E-state index >= 15 is 0 Å². The van der Waals surface area contributed by atoms with E-state index in [1.807, 2.05) is 72.4 Å². The van der Waals surface area contributed by atoms with Crippen LogP contribution in [0.3, 0.4) is 0 Å². The molecule has 7 nitrogen and oxygen atoms in total. The summed E-state index contributed by atoms with van der Waals surface area (Å²) in [4.78, 5) is 31.6. The zero-order valence-electron chi connectivity index (χ0n) is 18.4. The molecule has 7 heteroatoms. The lowest BCUT2D eigenvalue weighted by molar-refractivity contribution is -0.130. The maximum atomic E-state index is 13.3. The van der Waals surface area contributed by atoms with Crippen molar-refractivity contribution in [2.45, 2.75) is 25.4 Å². The summed E-state index contributed by atoms with van der Waals surface area (Å²) in [5.41, 5.74) is 2.86. The van der Waals surface area contributed by atoms with E-state index in [0.29, 0.717) is 0 Å². The minimum Gasteiger partial charge on any atom is -0.497 e. The second kappa shape index (κ2) is 9.09. The van der Waals surface area contributed by atoms with Gasteiger partial charge in [0.2, 0.25) is 11.8 Å². The van der Waals surface area contributed by atoms with Crippen LogP contribution in [0.5, 0.6) is 5.75 Å². The van der Waals surface area contributed by atoms with Crippen LogP contribution in [0.1, 0.15) is 47.9 Å². The summed E-state index contributed by atoms with van der Waals surface area (Å²) in [5.74, 6) is 1.18. The number of carbonyl (C=O) groups is 2. The number of aromatic nitrogens is 2. The number of benzene rings is 2. The topological polar surface area (TPSA) is 76.5 Å². The minimum atomic E-state index is -0.437. The minimum absolute atomic E-state index is 0.107. The smallest absolute Gasteiger partial charge is 0.223 e. The van der Waals surface area contributed by atoms with Crippen LogP contribution in [0.4, 0.5) is 0 Å². The number of ether oxygens (including phenoxy) is 1. The molecule has 2 amide bonds. The van der Waals surface area contributed by atoms with Gasteiger partial charge in [0.05, 0.1) is 19.6 Å². The fourth-order valence-electron chi connectivity index (χ4n) is 4.06. The van der Waals surface area contributed by atoms with E-state index in [-0.39, 0.29) is 24.3 Å². The van der Waals surface area contributed by atoms with E-state index in [9.17, 15) is 9.59 Å². The van der Waals surface area contributed by atoms with E-state index in [0.717, 1.165) is 28.3 Å². The molecule has 1 aliphatic rings. The molecule has 32 heavy (non-hydrogen) atoms. The number of aryl methyl sites for hydroxylation is 1. The van der Waals surface area contributed by atoms with Crippen molar-refractivity contribution in [1.29, 1.82) is 0 Å². The Labute approximate surface area is 187 Å². The fraction of sp³-hybridized carbons (Fsp3) is 0.240. The molecule has 0 unspecified atom stereocenters. The van der Waals surface area contributed by atoms with Crippen LogP contribution in [0.15, 0.2) is 67.1 Å². The Morgan fingerprint density at radius 2 is 1.91 bits per heavy atom. The molecule has 2 aromatic carbocycles. The summed E-state index contributed by atoms with van der Waals surface area (Å²) in [6.07, 6.45) is 7.34. The highest BCUT2D eigenvalue weighted by Crippen LogP contribution is 2.33. The molecular weight excluding hydrogens is 404 g/mol. The van der Waals surface area contributed by atoms with Crippen LogP contribution in [-0.2, 0) is 16.6 Å². The zero-order chi connectivity index (χ0) is 22.7. The molecule has 0 fully saturated rings. The molecule has 1 N–H and O–H groups in total. The third-order valence-electron chi connectivity index (χ3n) is 5.72. The normalized spacial score (nSPS) is 15.7. The Balaban J connectivity index is 1.61. The van der Waals surface area contributed by atoms with Gasteiger partial charge in [0.1, 0.15) is 17.6 Å². The molecule has 0 spiro atoms. The Morgan fingerprint density at radius 3 is 2.56 bits per heavy atom. The van der Waals surface area contributed by atoms with Gasteiger partial charge >= 0.3 is 0 Å². The Kier molecular flexibility index (Phi) is 6.07. The van der Waals surface area contributed by atoms with Crippen molar-refractivity contribution in [3.8, 4) is 5.75 Å². The van der Waals surface area contributed by atoms with Crippen molar-refractivity contribution in [1.82, 2.24) is 19.8 Å². The molecule has 3 aromatic rings. The molecule has 0 bridgehead atoms. The average Bonchev–Trinajstić information content (AvgIpc) is 3.23. The molecule has 2 atom stereocenters. The molecule has 4 rings (SSSR count). The van der Waals surface area contributed by atoms with Gasteiger partial charge in [0.25, 0.3) is 0 Å². The van der Waals surface area contributed by atoms with Gasteiger partial charge < -0.3 is 19.5 Å². The molecule has 164 valence electrons. The molecule has 1 aromatic heterocycles. The second-order valence-electron chi connectivity index (χ2n) is 7.76. The molecular formula is C25H26N4O3. The number of methoxy groups -OCH3 is 1. The first kappa shape index (κ1) is 21.4. The maximum absolute atomic E-state index is 13.3. The van der Waals surface area contributed by atoms with Crippen LogP contribution >= 0.6 is 0 Å². The molecule has 0 saturated heterocycles. The third-order valence-corrected chi connectivity index (χ3v) is 5.72. The average molecular weight is 431 g/mol. The van der Waals surface area contributed by atoms with Crippen molar-refractivity contribution < 1.29 is 14.3 Å². The van der Waals surface area contributed by atoms with Crippen LogP contribution in [-0.4, -0.2) is 33.4 Å². The van der Waals surface area contributed by atoms with E-state index in [2.05, 4.69) is 10.3 Å². The van der Waals surface area contributed by atoms with E-state index in [1.54, 1.807) is 24.4 Å². The number of carbonyl (C=O) groups excluding carboxylic acids is 2. The number of hydrogen-bond donors (Lipinski definition) is 1. The lowest BCUT2D eigenvalue weighted by Gasteiger charge is -2.32. The van der Waals surface area contributed by atoms with Gasteiger partial charge in [0.15, 0.2) is 0 Å². The predicted octanol–water partition coefficient (Wildman–Crippen LogP) is 3.60. The molecule has 0 aliphatic carbocycles. The number of hydrogen-bond acceptors (Lipinski definition) is 4. The first-order chi connectivity index (χ1) is 15.5. The lowest BCUT2D eigenvalue weighted by atomic mass is 9.93. The number of nitrogens with one attached hydrogen (secondary N) is 1. The van der Waals surface area contributed by atoms with E-state index in [1.165, 1.54) is 6.92 Å². The fourth-order valence-corrected chi connectivity index (χ4v) is 4.06. The highest BCUT2D eigenvalue weighted by atomic mass is 16.5. The SMILES string of the molecule is COc1ccc([C@@H](NC(=O)C[C@@H]2c3ccccc3C=CN2C(C)=O)c2nccn2C)cc1. The van der Waals surface area contributed by atoms with Gasteiger partial charge in [-0.25, -0.2) is 4.98 Å². The van der Waals surface area contributed by atoms with Crippen LogP contribution < -0.4 is 10.1 Å². The van der Waals surface area contributed by atoms with Crippen LogP contribution in [0, 0.1) is 0 Å². The first-order valence-corrected chi connectivity index (χ1v) is 10.4. The van der Waals surface area contributed by atoms with Crippen molar-refractivity contribution in [2.24, 2.45) is 7.05 Å². The van der Waals surface area contributed by atoms with Crippen LogP contribution in [0.2, 0.25) is 0 Å². The molecule has 2 heterocycles. The van der Waals surface area contributed by atoms with Crippen LogP contribution in [0.25, 0.3) is 6.08 Å². The summed E-state index contributed by atoms with van der Waals surface area (Å²) in [6.45, 7) is 1.51. The number of nitrogens with zero attached hydrogens (tertiary/aromatic N) is 3. The van der Waals surface area contributed by atoms with Crippen molar-refractivity contribution >= 4 is 17.9 Å². The standard InChI is InChI=1S/C25H26N4O3/c1-17(30)29-14-12-18-6-4-5-7-21(18)22(29)16-23(31)27-24(25-26-13-15-28(25)2)19-8-10-20(32-3)11-9-19/h4-15,22,24H,16H2,1-3H3,(H,27,31)/t22-,24-/m1/s1. The number of fused-ring (bicyclic) bond motifs is 1. The van der Waals surface area contributed by atoms with Gasteiger partial charge in [-0.05, 0) is 34.9 Å². The third kappa shape index (κ3) is 4.27. The predicted molar refractivity (Wildman–Crippen MR) is 122 cm³/mol. The summed E-state index contributed by atoms with van der Waals surface area (Å²) < 4.78 is 7.15. The first-order valence-electron chi connectivity index (χ1n) is 10.4. The molecule has 1 aliphatic heterocycles. The summed E-state index contributed by atoms with van der Waals surface area (Å²) in [6, 6.07) is 14.6. The van der Waals surface area contributed by atoms with Crippen molar-refractivity contribution in [3.05, 3.63) is 89.6 Å². The number of imidazole rings is 1. The largest absolute Gasteiger partial charge is 0.497 e. The van der Waals surface area contributed by atoms with E-state index in [4.69, 9.17) is 4.74 Å². The maximum Gasteiger partial charge on any atom is 0.223 e. The highest BCUT2D eigenvalue weighted by Gasteiger charge is 2.30. The Morgan fingerprint density at radius 1 is 1.16 bits per heavy atom. The number of amides is 2. The quantitative estimate of drug-likeness (QED) is 0.648. The summed E-state index contributed by atoms with van der Waals surface area (Å²) >= 11 is 0. The number of rotatable bonds is 6. The summed E-state index contributed by atoms with van der Waals surface area (Å²) in [7, 11) is 3.51. The zero-order valence-corrected chi connectivity index (χ0v) is 18.4. The second-order valence-corrected chi connectivity index (χ2v) is 7.76. The van der Waals surface area contributed by atoms with Crippen molar-refractivity contribution in [2.75, 3.05) is 7.11 Å². The van der Waals surface area contributed by atoms with Gasteiger partial charge in [-0.1, -0.05) is 36.4 Å². The summed E-state index contributed by atoms with van der Waals surface area (Å²) in [5, 5.41) is 3.13. The van der Waals surface area contributed by atoms with Gasteiger partial charge in [-0.2, -0.15) is 0 Å². The van der Waals surface area contributed by atoms with Gasteiger partial charge in [-0.3, -0.25) is 9.59 Å². The van der Waals surface area contributed by atoms with Crippen molar-refractivity contribution in [3.63, 3.8) is 0 Å². The highest BCUT2D eigenvalue weighted by molar-refractivity contribution is 5.82. The molecule has 0 radical (unpaired) electrons. The Bertz CT molecular complexity index is 1150. The molecule has 0 saturated carbocycles. The van der Waals surface area contributed by atoms with Gasteiger partial charge in [-0.15, -0.1) is 0 Å². The lowest BCUT2D eigenvalue weighted by Crippen LogP contribution is -2.37. The monoisotopic (exact) mass is 430 g/mol.